The summed E-state index contributed by atoms with van der Waals surface area (Å²) in [6, 6.07) is 12.3. The SMILES string of the molecule is CNC(=O)c1ccc(-c2ccc(C3CCCN3)cc2)o1.Cl. The van der Waals surface area contributed by atoms with Crippen LogP contribution in [-0.2, 0) is 0 Å². The van der Waals surface area contributed by atoms with E-state index in [0.717, 1.165) is 17.9 Å². The highest BCUT2D eigenvalue weighted by molar-refractivity contribution is 5.91. The van der Waals surface area contributed by atoms with Gasteiger partial charge in [-0.1, -0.05) is 24.3 Å². The quantitative estimate of drug-likeness (QED) is 0.916. The molecule has 1 unspecified atom stereocenters. The molecule has 4 nitrogen and oxygen atoms in total. The summed E-state index contributed by atoms with van der Waals surface area (Å²) in [6.45, 7) is 1.10. The molecule has 2 heterocycles. The van der Waals surface area contributed by atoms with Crippen molar-refractivity contribution in [3.05, 3.63) is 47.7 Å². The monoisotopic (exact) mass is 306 g/mol. The Morgan fingerprint density at radius 3 is 2.62 bits per heavy atom. The molecule has 1 aromatic carbocycles. The van der Waals surface area contributed by atoms with Gasteiger partial charge in [-0.3, -0.25) is 4.79 Å². The molecule has 1 fully saturated rings. The number of amides is 1. The normalized spacial score (nSPS) is 17.3. The largest absolute Gasteiger partial charge is 0.451 e. The highest BCUT2D eigenvalue weighted by Gasteiger charge is 2.16. The second kappa shape index (κ2) is 6.78. The maximum absolute atomic E-state index is 11.5. The number of rotatable bonds is 3. The van der Waals surface area contributed by atoms with Crippen molar-refractivity contribution in [2.24, 2.45) is 0 Å². The number of carbonyl (C=O) groups is 1. The van der Waals surface area contributed by atoms with Crippen molar-refractivity contribution in [3.63, 3.8) is 0 Å². The molecule has 1 aliphatic heterocycles. The third-order valence-corrected chi connectivity index (χ3v) is 3.71. The van der Waals surface area contributed by atoms with Crippen LogP contribution < -0.4 is 10.6 Å². The van der Waals surface area contributed by atoms with Crippen LogP contribution in [0.2, 0.25) is 0 Å². The summed E-state index contributed by atoms with van der Waals surface area (Å²) in [4.78, 5) is 11.5. The predicted octanol–water partition coefficient (Wildman–Crippen LogP) is 3.15. The Kier molecular flexibility index (Phi) is 5.04. The highest BCUT2D eigenvalue weighted by Crippen LogP contribution is 2.27. The summed E-state index contributed by atoms with van der Waals surface area (Å²) in [5.74, 6) is 0.849. The average molecular weight is 307 g/mol. The molecule has 0 spiro atoms. The summed E-state index contributed by atoms with van der Waals surface area (Å²) in [5, 5.41) is 6.03. The van der Waals surface area contributed by atoms with Crippen LogP contribution in [0.4, 0.5) is 0 Å². The summed E-state index contributed by atoms with van der Waals surface area (Å²) < 4.78 is 5.56. The van der Waals surface area contributed by atoms with E-state index in [0.29, 0.717) is 11.8 Å². The van der Waals surface area contributed by atoms with E-state index in [4.69, 9.17) is 4.42 Å². The molecule has 1 aromatic heterocycles. The Hall–Kier alpha value is -1.78. The third kappa shape index (κ3) is 3.28. The molecule has 1 atom stereocenters. The van der Waals surface area contributed by atoms with Crippen LogP contribution in [0.15, 0.2) is 40.8 Å². The standard InChI is InChI=1S/C16H18N2O2.ClH/c1-17-16(19)15-9-8-14(20-15)12-6-4-11(5-7-12)13-3-2-10-18-13;/h4-9,13,18H,2-3,10H2,1H3,(H,17,19);1H. The summed E-state index contributed by atoms with van der Waals surface area (Å²) in [7, 11) is 1.59. The van der Waals surface area contributed by atoms with Crippen LogP contribution in [0.3, 0.4) is 0 Å². The molecule has 5 heteroatoms. The van der Waals surface area contributed by atoms with Gasteiger partial charge in [-0.15, -0.1) is 12.4 Å². The molecule has 1 amide bonds. The molecule has 112 valence electrons. The Morgan fingerprint density at radius 1 is 1.24 bits per heavy atom. The fraction of sp³-hybridized carbons (Fsp3) is 0.312. The Bertz CT molecular complexity index is 601. The Balaban J connectivity index is 0.00000161. The molecular weight excluding hydrogens is 288 g/mol. The lowest BCUT2D eigenvalue weighted by molar-refractivity contribution is 0.0936. The first kappa shape index (κ1) is 15.6. The minimum Gasteiger partial charge on any atom is -0.451 e. The molecule has 2 N–H and O–H groups in total. The van der Waals surface area contributed by atoms with Gasteiger partial charge in [-0.05, 0) is 37.1 Å². The first-order valence-electron chi connectivity index (χ1n) is 6.93. The van der Waals surface area contributed by atoms with Crippen LogP contribution in [0.1, 0.15) is 35.0 Å². The van der Waals surface area contributed by atoms with Crippen LogP contribution in [-0.4, -0.2) is 19.5 Å². The van der Waals surface area contributed by atoms with Crippen LogP contribution in [0.25, 0.3) is 11.3 Å². The molecule has 1 aliphatic rings. The smallest absolute Gasteiger partial charge is 0.286 e. The van der Waals surface area contributed by atoms with Crippen molar-refractivity contribution in [2.45, 2.75) is 18.9 Å². The number of halogens is 1. The lowest BCUT2D eigenvalue weighted by Gasteiger charge is -2.10. The van der Waals surface area contributed by atoms with Crippen LogP contribution in [0.5, 0.6) is 0 Å². The highest BCUT2D eigenvalue weighted by atomic mass is 35.5. The molecule has 0 radical (unpaired) electrons. The molecular formula is C16H19ClN2O2. The van der Waals surface area contributed by atoms with Gasteiger partial charge in [0, 0.05) is 18.7 Å². The minimum absolute atomic E-state index is 0. The fourth-order valence-electron chi connectivity index (χ4n) is 2.59. The topological polar surface area (TPSA) is 54.3 Å². The van der Waals surface area contributed by atoms with Crippen LogP contribution in [0, 0.1) is 0 Å². The van der Waals surface area contributed by atoms with E-state index in [1.54, 1.807) is 13.1 Å². The lowest BCUT2D eigenvalue weighted by Crippen LogP contribution is -2.16. The average Bonchev–Trinajstić information content (AvgIpc) is 3.18. The molecule has 0 saturated carbocycles. The number of carbonyl (C=O) groups excluding carboxylic acids is 1. The van der Waals surface area contributed by atoms with Gasteiger partial charge in [-0.2, -0.15) is 0 Å². The predicted molar refractivity (Wildman–Crippen MR) is 84.8 cm³/mol. The number of furan rings is 1. The zero-order valence-corrected chi connectivity index (χ0v) is 12.7. The molecule has 2 aromatic rings. The van der Waals surface area contributed by atoms with E-state index in [-0.39, 0.29) is 18.3 Å². The van der Waals surface area contributed by atoms with Crippen LogP contribution >= 0.6 is 12.4 Å². The van der Waals surface area contributed by atoms with Gasteiger partial charge >= 0.3 is 0 Å². The van der Waals surface area contributed by atoms with E-state index in [1.165, 1.54) is 18.4 Å². The number of hydrogen-bond acceptors (Lipinski definition) is 3. The first-order valence-corrected chi connectivity index (χ1v) is 6.93. The second-order valence-corrected chi connectivity index (χ2v) is 5.01. The van der Waals surface area contributed by atoms with Gasteiger partial charge in [0.2, 0.25) is 0 Å². The van der Waals surface area contributed by atoms with Gasteiger partial charge in [0.15, 0.2) is 5.76 Å². The van der Waals surface area contributed by atoms with Crippen molar-refractivity contribution in [3.8, 4) is 11.3 Å². The van der Waals surface area contributed by atoms with Gasteiger partial charge in [0.1, 0.15) is 5.76 Å². The van der Waals surface area contributed by atoms with E-state index in [2.05, 4.69) is 22.8 Å². The maximum Gasteiger partial charge on any atom is 0.286 e. The van der Waals surface area contributed by atoms with Gasteiger partial charge in [0.05, 0.1) is 0 Å². The van der Waals surface area contributed by atoms with Gasteiger partial charge in [0.25, 0.3) is 5.91 Å². The van der Waals surface area contributed by atoms with Crippen molar-refractivity contribution in [1.29, 1.82) is 0 Å². The summed E-state index contributed by atoms with van der Waals surface area (Å²) >= 11 is 0. The maximum atomic E-state index is 11.5. The van der Waals surface area contributed by atoms with Gasteiger partial charge < -0.3 is 15.1 Å². The fourth-order valence-corrected chi connectivity index (χ4v) is 2.59. The minimum atomic E-state index is -0.206. The molecule has 1 saturated heterocycles. The summed E-state index contributed by atoms with van der Waals surface area (Å²) in [6.07, 6.45) is 2.43. The third-order valence-electron chi connectivity index (χ3n) is 3.71. The van der Waals surface area contributed by atoms with Crippen molar-refractivity contribution < 1.29 is 9.21 Å². The number of benzene rings is 1. The molecule has 0 aliphatic carbocycles. The molecule has 3 rings (SSSR count). The number of nitrogens with one attached hydrogen (secondary N) is 2. The molecule has 0 bridgehead atoms. The molecule has 21 heavy (non-hydrogen) atoms. The van der Waals surface area contributed by atoms with E-state index >= 15 is 0 Å². The Labute approximate surface area is 130 Å². The van der Waals surface area contributed by atoms with E-state index < -0.39 is 0 Å². The summed E-state index contributed by atoms with van der Waals surface area (Å²) in [5.41, 5.74) is 2.30. The van der Waals surface area contributed by atoms with E-state index in [1.807, 2.05) is 18.2 Å². The zero-order valence-electron chi connectivity index (χ0n) is 11.9. The zero-order chi connectivity index (χ0) is 13.9. The lowest BCUT2D eigenvalue weighted by atomic mass is 10.0. The first-order chi connectivity index (χ1) is 9.78. The van der Waals surface area contributed by atoms with E-state index in [9.17, 15) is 4.79 Å². The van der Waals surface area contributed by atoms with Gasteiger partial charge in [-0.25, -0.2) is 0 Å². The van der Waals surface area contributed by atoms with Crippen molar-refractivity contribution in [1.82, 2.24) is 10.6 Å². The van der Waals surface area contributed by atoms with Crippen molar-refractivity contribution in [2.75, 3.05) is 13.6 Å². The number of hydrogen-bond donors (Lipinski definition) is 2. The van der Waals surface area contributed by atoms with Crippen molar-refractivity contribution >= 4 is 18.3 Å². The second-order valence-electron chi connectivity index (χ2n) is 5.01. The Morgan fingerprint density at radius 2 is 2.00 bits per heavy atom.